The SMILES string of the molecule is CC1CC2(C1)CC(COc1nc(Nc3ccc(N4CCOCC4)cc3)ncc1F)C2. The van der Waals surface area contributed by atoms with Crippen LogP contribution in [0.1, 0.15) is 32.6 Å². The Kier molecular flexibility index (Phi) is 5.23. The summed E-state index contributed by atoms with van der Waals surface area (Å²) in [5, 5.41) is 3.14. The third kappa shape index (κ3) is 4.08. The number of aromatic nitrogens is 2. The summed E-state index contributed by atoms with van der Waals surface area (Å²) in [6.45, 7) is 6.15. The number of halogens is 1. The number of benzene rings is 1. The molecular weight excluding hydrogens is 383 g/mol. The monoisotopic (exact) mass is 412 g/mol. The van der Waals surface area contributed by atoms with Crippen LogP contribution in [0.5, 0.6) is 5.88 Å². The van der Waals surface area contributed by atoms with Gasteiger partial charge in [0.25, 0.3) is 5.88 Å². The average molecular weight is 413 g/mol. The van der Waals surface area contributed by atoms with Crippen molar-refractivity contribution in [2.45, 2.75) is 32.6 Å². The van der Waals surface area contributed by atoms with Crippen LogP contribution in [0.25, 0.3) is 0 Å². The van der Waals surface area contributed by atoms with Gasteiger partial charge < -0.3 is 19.7 Å². The van der Waals surface area contributed by atoms with Crippen molar-refractivity contribution in [2.75, 3.05) is 43.1 Å². The predicted octanol–water partition coefficient (Wildman–Crippen LogP) is 4.40. The lowest BCUT2D eigenvalue weighted by Gasteiger charge is -2.57. The highest BCUT2D eigenvalue weighted by molar-refractivity contribution is 5.59. The first-order valence-corrected chi connectivity index (χ1v) is 10.9. The van der Waals surface area contributed by atoms with Gasteiger partial charge in [0.2, 0.25) is 11.8 Å². The van der Waals surface area contributed by atoms with Crippen molar-refractivity contribution in [1.29, 1.82) is 0 Å². The number of ether oxygens (including phenoxy) is 2. The zero-order chi connectivity index (χ0) is 20.6. The number of morpholine rings is 1. The molecule has 7 heteroatoms. The number of hydrogen-bond acceptors (Lipinski definition) is 6. The quantitative estimate of drug-likeness (QED) is 0.759. The summed E-state index contributed by atoms with van der Waals surface area (Å²) in [4.78, 5) is 10.6. The second-order valence-corrected chi connectivity index (χ2v) is 9.22. The van der Waals surface area contributed by atoms with Crippen LogP contribution in [-0.4, -0.2) is 42.9 Å². The molecule has 0 amide bonds. The maximum Gasteiger partial charge on any atom is 0.255 e. The van der Waals surface area contributed by atoms with E-state index in [4.69, 9.17) is 9.47 Å². The molecule has 1 aliphatic heterocycles. The maximum absolute atomic E-state index is 14.1. The average Bonchev–Trinajstić information content (AvgIpc) is 2.72. The van der Waals surface area contributed by atoms with E-state index in [9.17, 15) is 4.39 Å². The second kappa shape index (κ2) is 8.02. The molecule has 1 N–H and O–H groups in total. The number of anilines is 3. The molecule has 5 rings (SSSR count). The Balaban J connectivity index is 1.16. The molecule has 3 aliphatic rings. The second-order valence-electron chi connectivity index (χ2n) is 9.22. The van der Waals surface area contributed by atoms with Gasteiger partial charge >= 0.3 is 0 Å². The Bertz CT molecular complexity index is 871. The first-order chi connectivity index (χ1) is 14.6. The van der Waals surface area contributed by atoms with Crippen LogP contribution in [0.15, 0.2) is 30.5 Å². The van der Waals surface area contributed by atoms with Crippen LogP contribution >= 0.6 is 0 Å². The molecule has 1 aromatic carbocycles. The molecule has 0 bridgehead atoms. The Morgan fingerprint density at radius 3 is 2.60 bits per heavy atom. The summed E-state index contributed by atoms with van der Waals surface area (Å²) in [5.41, 5.74) is 2.58. The number of nitrogens with one attached hydrogen (secondary N) is 1. The van der Waals surface area contributed by atoms with Gasteiger partial charge in [0, 0.05) is 24.5 Å². The van der Waals surface area contributed by atoms with E-state index in [1.165, 1.54) is 31.9 Å². The van der Waals surface area contributed by atoms with E-state index in [0.29, 0.717) is 23.9 Å². The molecule has 1 aromatic heterocycles. The topological polar surface area (TPSA) is 59.5 Å². The van der Waals surface area contributed by atoms with E-state index in [-0.39, 0.29) is 5.88 Å². The van der Waals surface area contributed by atoms with Gasteiger partial charge in [0.1, 0.15) is 0 Å². The zero-order valence-corrected chi connectivity index (χ0v) is 17.4. The first kappa shape index (κ1) is 19.5. The van der Waals surface area contributed by atoms with Crippen LogP contribution in [0.2, 0.25) is 0 Å². The first-order valence-electron chi connectivity index (χ1n) is 10.9. The molecule has 2 heterocycles. The van der Waals surface area contributed by atoms with Crippen LogP contribution in [0.3, 0.4) is 0 Å². The predicted molar refractivity (Wildman–Crippen MR) is 114 cm³/mol. The number of nitrogens with zero attached hydrogens (tertiary/aromatic N) is 3. The third-order valence-corrected chi connectivity index (χ3v) is 6.67. The number of rotatable bonds is 6. The molecule has 160 valence electrons. The lowest BCUT2D eigenvalue weighted by molar-refractivity contribution is -0.0749. The fraction of sp³-hybridized carbons (Fsp3) is 0.565. The van der Waals surface area contributed by atoms with Crippen molar-refractivity contribution in [3.8, 4) is 5.88 Å². The maximum atomic E-state index is 14.1. The van der Waals surface area contributed by atoms with Crippen LogP contribution in [0.4, 0.5) is 21.7 Å². The molecule has 0 atom stereocenters. The summed E-state index contributed by atoms with van der Waals surface area (Å²) in [7, 11) is 0. The Morgan fingerprint density at radius 2 is 1.90 bits per heavy atom. The van der Waals surface area contributed by atoms with Gasteiger partial charge in [0.15, 0.2) is 0 Å². The zero-order valence-electron chi connectivity index (χ0n) is 17.4. The summed E-state index contributed by atoms with van der Waals surface area (Å²) >= 11 is 0. The normalized spacial score (nSPS) is 28.0. The number of hydrogen-bond donors (Lipinski definition) is 1. The van der Waals surface area contributed by atoms with Crippen LogP contribution in [0, 0.1) is 23.1 Å². The van der Waals surface area contributed by atoms with Gasteiger partial charge in [-0.25, -0.2) is 4.98 Å². The van der Waals surface area contributed by atoms with Crippen molar-refractivity contribution in [2.24, 2.45) is 17.3 Å². The Morgan fingerprint density at radius 1 is 1.17 bits per heavy atom. The molecule has 1 spiro atoms. The molecule has 2 aromatic rings. The van der Waals surface area contributed by atoms with Crippen LogP contribution in [-0.2, 0) is 4.74 Å². The molecule has 0 unspecified atom stereocenters. The highest BCUT2D eigenvalue weighted by Gasteiger charge is 2.51. The van der Waals surface area contributed by atoms with E-state index in [1.807, 2.05) is 12.1 Å². The summed E-state index contributed by atoms with van der Waals surface area (Å²) in [6, 6.07) is 8.07. The van der Waals surface area contributed by atoms with Gasteiger partial charge in [-0.15, -0.1) is 0 Å². The van der Waals surface area contributed by atoms with E-state index in [0.717, 1.165) is 43.6 Å². The lowest BCUT2D eigenvalue weighted by Crippen LogP contribution is -2.48. The fourth-order valence-electron chi connectivity index (χ4n) is 5.45. The van der Waals surface area contributed by atoms with Crippen molar-refractivity contribution in [3.63, 3.8) is 0 Å². The summed E-state index contributed by atoms with van der Waals surface area (Å²) in [6.07, 6.45) is 6.24. The minimum atomic E-state index is -0.519. The third-order valence-electron chi connectivity index (χ3n) is 6.67. The van der Waals surface area contributed by atoms with Crippen molar-refractivity contribution < 1.29 is 13.9 Å². The largest absolute Gasteiger partial charge is 0.475 e. The molecular formula is C23H29FN4O2. The van der Waals surface area contributed by atoms with Gasteiger partial charge in [-0.1, -0.05) is 6.92 Å². The van der Waals surface area contributed by atoms with Gasteiger partial charge in [-0.05, 0) is 67.2 Å². The molecule has 30 heavy (non-hydrogen) atoms. The Labute approximate surface area is 176 Å². The van der Waals surface area contributed by atoms with Crippen LogP contribution < -0.4 is 15.0 Å². The fourth-order valence-corrected chi connectivity index (χ4v) is 5.45. The van der Waals surface area contributed by atoms with E-state index >= 15 is 0 Å². The molecule has 6 nitrogen and oxygen atoms in total. The minimum absolute atomic E-state index is 0.0281. The lowest BCUT2D eigenvalue weighted by atomic mass is 9.49. The van der Waals surface area contributed by atoms with Gasteiger partial charge in [-0.3, -0.25) is 0 Å². The highest BCUT2D eigenvalue weighted by Crippen LogP contribution is 2.60. The molecule has 2 saturated carbocycles. The highest BCUT2D eigenvalue weighted by atomic mass is 19.1. The van der Waals surface area contributed by atoms with Crippen molar-refractivity contribution in [1.82, 2.24) is 9.97 Å². The smallest absolute Gasteiger partial charge is 0.255 e. The summed E-state index contributed by atoms with van der Waals surface area (Å²) in [5.74, 6) is 1.22. The Hall–Kier alpha value is -2.41. The minimum Gasteiger partial charge on any atom is -0.475 e. The van der Waals surface area contributed by atoms with E-state index in [2.05, 4.69) is 39.2 Å². The summed E-state index contributed by atoms with van der Waals surface area (Å²) < 4.78 is 25.2. The standard InChI is InChI=1S/C23H29FN4O2/c1-16-10-23(11-16)12-17(13-23)15-30-21-20(24)14-25-22(27-21)26-18-2-4-19(5-3-18)28-6-8-29-9-7-28/h2-5,14,16-17H,6-13,15H2,1H3,(H,25,26,27). The molecule has 0 radical (unpaired) electrons. The van der Waals surface area contributed by atoms with Gasteiger partial charge in [-0.2, -0.15) is 9.37 Å². The van der Waals surface area contributed by atoms with Gasteiger partial charge in [0.05, 0.1) is 26.0 Å². The molecule has 3 fully saturated rings. The van der Waals surface area contributed by atoms with E-state index < -0.39 is 5.82 Å². The van der Waals surface area contributed by atoms with E-state index in [1.54, 1.807) is 0 Å². The van der Waals surface area contributed by atoms with Crippen molar-refractivity contribution >= 4 is 17.3 Å². The molecule has 1 saturated heterocycles. The van der Waals surface area contributed by atoms with Crippen molar-refractivity contribution in [3.05, 3.63) is 36.3 Å². The molecule has 2 aliphatic carbocycles.